The summed E-state index contributed by atoms with van der Waals surface area (Å²) in [5.41, 5.74) is 8.97. The second kappa shape index (κ2) is 14.0. The molecule has 55 heavy (non-hydrogen) atoms. The molecule has 5 heteroatoms. The van der Waals surface area contributed by atoms with Crippen LogP contribution >= 0.6 is 0 Å². The van der Waals surface area contributed by atoms with Crippen molar-refractivity contribution in [1.29, 1.82) is 0 Å². The molecule has 0 amide bonds. The minimum atomic E-state index is -2.63. The van der Waals surface area contributed by atoms with Gasteiger partial charge in [-0.3, -0.25) is 4.39 Å². The van der Waals surface area contributed by atoms with Gasteiger partial charge >= 0.3 is 0 Å². The van der Waals surface area contributed by atoms with Gasteiger partial charge in [-0.2, -0.15) is 0 Å². The van der Waals surface area contributed by atoms with E-state index >= 15 is 0 Å². The topological polar surface area (TPSA) is 38.9 Å². The van der Waals surface area contributed by atoms with E-state index in [9.17, 15) is 4.39 Å². The van der Waals surface area contributed by atoms with Crippen molar-refractivity contribution in [3.05, 3.63) is 155 Å². The van der Waals surface area contributed by atoms with Gasteiger partial charge in [-0.05, 0) is 92.1 Å². The summed E-state index contributed by atoms with van der Waals surface area (Å²) >= 11 is 0. The molecule has 0 N–H and O–H groups in total. The van der Waals surface area contributed by atoms with Gasteiger partial charge < -0.3 is 14.4 Å². The van der Waals surface area contributed by atoms with Crippen LogP contribution in [0.4, 0.5) is 4.39 Å². The molecular weight excluding hydrogens is 856 g/mol. The summed E-state index contributed by atoms with van der Waals surface area (Å²) in [6.07, 6.45) is 3.01. The molecule has 1 radical (unpaired) electrons. The average molecular weight is 907 g/mol. The molecule has 0 spiro atoms. The summed E-state index contributed by atoms with van der Waals surface area (Å²) < 4.78 is 66.8. The van der Waals surface area contributed by atoms with Crippen LogP contribution in [0.5, 0.6) is 0 Å². The number of hydrogen-bond acceptors (Lipinski definition) is 3. The van der Waals surface area contributed by atoms with Crippen molar-refractivity contribution in [1.82, 2.24) is 9.97 Å². The second-order valence-electron chi connectivity index (χ2n) is 16.3. The fourth-order valence-electron chi connectivity index (χ4n) is 7.61. The number of aryl methyl sites for hydroxylation is 2. The van der Waals surface area contributed by atoms with Crippen molar-refractivity contribution in [3.8, 4) is 33.6 Å². The van der Waals surface area contributed by atoms with Crippen molar-refractivity contribution < 1.29 is 37.1 Å². The Balaban J connectivity index is 0.000000262. The van der Waals surface area contributed by atoms with Gasteiger partial charge in [0.1, 0.15) is 5.58 Å². The predicted octanol–water partition coefficient (Wildman–Crippen LogP) is 13.4. The number of fused-ring (bicyclic) bond motifs is 3. The van der Waals surface area contributed by atoms with Crippen molar-refractivity contribution in [2.75, 3.05) is 0 Å². The zero-order valence-corrected chi connectivity index (χ0v) is 34.3. The molecule has 8 aromatic rings. The van der Waals surface area contributed by atoms with Crippen LogP contribution in [0.1, 0.15) is 84.5 Å². The molecule has 5 aromatic carbocycles. The summed E-state index contributed by atoms with van der Waals surface area (Å²) in [4.78, 5) is 8.77. The zero-order valence-electron chi connectivity index (χ0n) is 37.9. The van der Waals surface area contributed by atoms with Gasteiger partial charge in [0.15, 0.2) is 0 Å². The number of aromatic nitrogens is 2. The first-order valence-corrected chi connectivity index (χ1v) is 18.2. The summed E-state index contributed by atoms with van der Waals surface area (Å²) in [7, 11) is 0. The van der Waals surface area contributed by atoms with Crippen molar-refractivity contribution in [2.24, 2.45) is 0 Å². The van der Waals surface area contributed by atoms with E-state index in [1.807, 2.05) is 30.5 Å². The van der Waals surface area contributed by atoms with Crippen LogP contribution in [0.2, 0.25) is 0 Å². The van der Waals surface area contributed by atoms with Crippen LogP contribution in [0.25, 0.3) is 66.4 Å². The minimum absolute atomic E-state index is 0. The minimum Gasteiger partial charge on any atom is -0.500 e. The van der Waals surface area contributed by atoms with Crippen LogP contribution < -0.4 is 0 Å². The fraction of sp³-hybridized carbons (Fsp3) is 0.240. The van der Waals surface area contributed by atoms with Gasteiger partial charge in [0, 0.05) is 57.5 Å². The van der Waals surface area contributed by atoms with Gasteiger partial charge in [-0.25, -0.2) is 0 Å². The van der Waals surface area contributed by atoms with E-state index in [0.717, 1.165) is 39.4 Å². The Hall–Kier alpha value is -4.96. The van der Waals surface area contributed by atoms with Crippen LogP contribution in [-0.4, -0.2) is 9.97 Å². The molecule has 0 saturated heterocycles. The molecule has 3 nitrogen and oxygen atoms in total. The van der Waals surface area contributed by atoms with Gasteiger partial charge in [-0.1, -0.05) is 120 Å². The van der Waals surface area contributed by atoms with Crippen LogP contribution in [0.15, 0.2) is 114 Å². The first-order chi connectivity index (χ1) is 28.1. The van der Waals surface area contributed by atoms with Crippen LogP contribution in [0.3, 0.4) is 0 Å². The number of furan rings is 1. The molecule has 0 fully saturated rings. The molecule has 1 aliphatic carbocycles. The summed E-state index contributed by atoms with van der Waals surface area (Å²) in [5, 5.41) is 4.28. The number of hydrogen-bond donors (Lipinski definition) is 0. The summed E-state index contributed by atoms with van der Waals surface area (Å²) in [5.74, 6) is -0.278. The van der Waals surface area contributed by atoms with Gasteiger partial charge in [0.2, 0.25) is 0 Å². The predicted molar refractivity (Wildman–Crippen MR) is 221 cm³/mol. The number of nitrogens with zero attached hydrogens (tertiary/aromatic N) is 2. The molecule has 9 rings (SSSR count). The molecular formula is C50H45FIrN2O-2. The molecule has 0 aliphatic heterocycles. The number of benzene rings is 5. The van der Waals surface area contributed by atoms with Gasteiger partial charge in [-0.15, -0.1) is 48.0 Å². The normalized spacial score (nSPS) is 16.2. The summed E-state index contributed by atoms with van der Waals surface area (Å²) in [6.45, 7) is 10.5. The molecule has 0 atom stereocenters. The Kier molecular flexibility index (Phi) is 7.94. The summed E-state index contributed by atoms with van der Waals surface area (Å²) in [6, 6.07) is 36.7. The van der Waals surface area contributed by atoms with Crippen molar-refractivity contribution in [3.63, 3.8) is 0 Å². The molecule has 0 saturated carbocycles. The van der Waals surface area contributed by atoms with E-state index in [2.05, 4.69) is 113 Å². The Morgan fingerprint density at radius 2 is 1.47 bits per heavy atom. The van der Waals surface area contributed by atoms with E-state index in [1.165, 1.54) is 45.7 Å². The quantitative estimate of drug-likeness (QED) is 0.166. The standard InChI is InChI=1S/C35H30NO.C15H15FN.Ir/c1-20-16-30(36-19-21(20)2)27-14-9-13-26-25-12-8-11-24(32(25)37-33(26)27)23-17-22-10-7-15-28-31(22)29(18-23)35(5,6)34(28,3)4;1-15(2,3)12-6-9-14(17-10-12)11-4-7-13(16)8-5-11;/h7-13,15-19H,1-6H3;4,6-10H,1-3H3;/q2*-1;/i1D3,2D3;;. The van der Waals surface area contributed by atoms with E-state index in [-0.39, 0.29) is 53.3 Å². The molecule has 3 aromatic heterocycles. The number of para-hydroxylation sites is 1. The Bertz CT molecular complexity index is 2940. The van der Waals surface area contributed by atoms with Gasteiger partial charge in [0.25, 0.3) is 0 Å². The number of pyridine rings is 2. The van der Waals surface area contributed by atoms with E-state index in [4.69, 9.17) is 12.6 Å². The van der Waals surface area contributed by atoms with Crippen LogP contribution in [-0.2, 0) is 36.4 Å². The van der Waals surface area contributed by atoms with E-state index in [0.29, 0.717) is 22.4 Å². The molecule has 279 valence electrons. The molecule has 0 bridgehead atoms. The second-order valence-corrected chi connectivity index (χ2v) is 16.3. The molecule has 1 aliphatic rings. The third-order valence-corrected chi connectivity index (χ3v) is 11.5. The zero-order chi connectivity index (χ0) is 43.2. The third-order valence-electron chi connectivity index (χ3n) is 11.5. The van der Waals surface area contributed by atoms with Crippen molar-refractivity contribution >= 4 is 32.7 Å². The van der Waals surface area contributed by atoms with Crippen LogP contribution in [0, 0.1) is 31.7 Å². The van der Waals surface area contributed by atoms with E-state index in [1.54, 1.807) is 12.1 Å². The number of rotatable bonds is 3. The number of halogens is 1. The molecule has 0 unspecified atom stereocenters. The largest absolute Gasteiger partial charge is 0.500 e. The van der Waals surface area contributed by atoms with Crippen molar-refractivity contribution in [2.45, 2.75) is 78.4 Å². The first kappa shape index (κ1) is 31.3. The maximum atomic E-state index is 12.8. The Morgan fingerprint density at radius 3 is 2.18 bits per heavy atom. The SMILES string of the molecule is CC(C)(C)c1ccc(-c2[c-]cc(F)cc2)nc1.[2H]C([2H])([2H])c1cnc(-c2[c-]ccc3c2oc2c(-c4cc5c6c(cccc6c4)C(C)(C)C5(C)C)cccc23)cc1C([2H])([2H])[2H].[Ir]. The smallest absolute Gasteiger partial charge is 0.128 e. The Labute approximate surface area is 345 Å². The first-order valence-electron chi connectivity index (χ1n) is 21.2. The maximum absolute atomic E-state index is 12.8. The monoisotopic (exact) mass is 907 g/mol. The maximum Gasteiger partial charge on any atom is 0.128 e. The average Bonchev–Trinajstić information content (AvgIpc) is 3.65. The van der Waals surface area contributed by atoms with E-state index < -0.39 is 13.7 Å². The Morgan fingerprint density at radius 1 is 0.727 bits per heavy atom. The fourth-order valence-corrected chi connectivity index (χ4v) is 7.61. The molecule has 3 heterocycles. The van der Waals surface area contributed by atoms with Gasteiger partial charge in [0.05, 0.1) is 5.58 Å². The third kappa shape index (κ3) is 6.52.